The lowest BCUT2D eigenvalue weighted by Crippen LogP contribution is -2.06. The van der Waals surface area contributed by atoms with Gasteiger partial charge in [-0.25, -0.2) is 0 Å². The lowest BCUT2D eigenvalue weighted by atomic mass is 9.90. The summed E-state index contributed by atoms with van der Waals surface area (Å²) < 4.78 is 0. The van der Waals surface area contributed by atoms with Gasteiger partial charge in [-0.1, -0.05) is 42.6 Å². The molecule has 1 rings (SSSR count). The fourth-order valence-electron chi connectivity index (χ4n) is 2.86. The molecule has 3 atom stereocenters. The van der Waals surface area contributed by atoms with E-state index in [0.29, 0.717) is 0 Å². The highest BCUT2D eigenvalue weighted by atomic mass is 79.9. The lowest BCUT2D eigenvalue weighted by molar-refractivity contribution is 0.353. The van der Waals surface area contributed by atoms with Gasteiger partial charge in [-0.2, -0.15) is 0 Å². The first kappa shape index (κ1) is 11.6. The predicted molar refractivity (Wildman–Crippen MR) is 63.3 cm³/mol. The third-order valence-corrected chi connectivity index (χ3v) is 4.31. The Balaban J connectivity index is 2.33. The highest BCUT2D eigenvalue weighted by molar-refractivity contribution is 9.09. The van der Waals surface area contributed by atoms with E-state index in [2.05, 4.69) is 29.8 Å². The predicted octanol–water partition coefficient (Wildman–Crippen LogP) is 4.62. The Morgan fingerprint density at radius 1 is 1.08 bits per heavy atom. The molecule has 0 amide bonds. The van der Waals surface area contributed by atoms with Crippen LogP contribution in [0.4, 0.5) is 0 Å². The summed E-state index contributed by atoms with van der Waals surface area (Å²) in [6.07, 6.45) is 8.67. The molecule has 3 unspecified atom stereocenters. The smallest absolute Gasteiger partial charge is 0.00314 e. The van der Waals surface area contributed by atoms with E-state index >= 15 is 0 Å². The molecule has 13 heavy (non-hydrogen) atoms. The van der Waals surface area contributed by atoms with Crippen LogP contribution in [-0.2, 0) is 0 Å². The first-order valence-corrected chi connectivity index (χ1v) is 6.99. The molecule has 1 aliphatic rings. The molecule has 0 aromatic heterocycles. The maximum absolute atomic E-state index is 3.53. The fourth-order valence-corrected chi connectivity index (χ4v) is 3.19. The van der Waals surface area contributed by atoms with Crippen molar-refractivity contribution >= 4 is 15.9 Å². The minimum absolute atomic E-state index is 1.05. The third kappa shape index (κ3) is 3.27. The molecule has 0 saturated heterocycles. The van der Waals surface area contributed by atoms with Crippen molar-refractivity contribution in [3.8, 4) is 0 Å². The molecule has 0 spiro atoms. The number of rotatable bonds is 5. The molecule has 0 aromatic carbocycles. The Morgan fingerprint density at radius 2 is 1.77 bits per heavy atom. The van der Waals surface area contributed by atoms with Gasteiger partial charge in [-0.05, 0) is 43.4 Å². The minimum atomic E-state index is 1.05. The molecule has 78 valence electrons. The second kappa shape index (κ2) is 6.06. The highest BCUT2D eigenvalue weighted by Crippen LogP contribution is 2.42. The van der Waals surface area contributed by atoms with Gasteiger partial charge < -0.3 is 0 Å². The van der Waals surface area contributed by atoms with E-state index < -0.39 is 0 Å². The molecular formula is C12H23Br. The third-order valence-electron chi connectivity index (χ3n) is 3.75. The van der Waals surface area contributed by atoms with Crippen LogP contribution < -0.4 is 0 Å². The SMILES string of the molecule is CCC1CC(CC)C(CCCBr)C1. The van der Waals surface area contributed by atoms with E-state index in [1.165, 1.54) is 43.9 Å². The second-order valence-electron chi connectivity index (χ2n) is 4.51. The maximum Gasteiger partial charge on any atom is 0.00314 e. The zero-order chi connectivity index (χ0) is 9.68. The van der Waals surface area contributed by atoms with Crippen molar-refractivity contribution in [2.45, 2.75) is 52.4 Å². The van der Waals surface area contributed by atoms with Crippen LogP contribution in [0.15, 0.2) is 0 Å². The summed E-state index contributed by atoms with van der Waals surface area (Å²) in [7, 11) is 0. The van der Waals surface area contributed by atoms with Crippen molar-refractivity contribution in [1.29, 1.82) is 0 Å². The van der Waals surface area contributed by atoms with Crippen molar-refractivity contribution in [2.75, 3.05) is 5.33 Å². The van der Waals surface area contributed by atoms with Crippen LogP contribution in [-0.4, -0.2) is 5.33 Å². The Labute approximate surface area is 91.6 Å². The fraction of sp³-hybridized carbons (Fsp3) is 1.00. The molecule has 0 heterocycles. The molecule has 0 nitrogen and oxygen atoms in total. The van der Waals surface area contributed by atoms with Crippen LogP contribution in [0.25, 0.3) is 0 Å². The standard InChI is InChI=1S/C12H23Br/c1-3-10-8-11(4-2)12(9-10)6-5-7-13/h10-12H,3-9H2,1-2H3. The van der Waals surface area contributed by atoms with Crippen LogP contribution in [0.1, 0.15) is 52.4 Å². The largest absolute Gasteiger partial charge is 0.0928 e. The maximum atomic E-state index is 3.53. The summed E-state index contributed by atoms with van der Waals surface area (Å²) in [5.74, 6) is 3.14. The van der Waals surface area contributed by atoms with Gasteiger partial charge in [0.05, 0.1) is 0 Å². The van der Waals surface area contributed by atoms with Crippen molar-refractivity contribution in [1.82, 2.24) is 0 Å². The minimum Gasteiger partial charge on any atom is -0.0928 e. The number of alkyl halides is 1. The van der Waals surface area contributed by atoms with E-state index in [4.69, 9.17) is 0 Å². The molecule has 1 fully saturated rings. The highest BCUT2D eigenvalue weighted by Gasteiger charge is 2.31. The van der Waals surface area contributed by atoms with Gasteiger partial charge in [0.15, 0.2) is 0 Å². The van der Waals surface area contributed by atoms with Crippen LogP contribution >= 0.6 is 15.9 Å². The van der Waals surface area contributed by atoms with E-state index in [1.807, 2.05) is 0 Å². The summed E-state index contributed by atoms with van der Waals surface area (Å²) >= 11 is 3.53. The molecule has 0 radical (unpaired) electrons. The number of hydrogen-bond donors (Lipinski definition) is 0. The Kier molecular flexibility index (Phi) is 5.38. The first-order chi connectivity index (χ1) is 6.31. The van der Waals surface area contributed by atoms with Crippen molar-refractivity contribution in [3.05, 3.63) is 0 Å². The lowest BCUT2D eigenvalue weighted by Gasteiger charge is -2.16. The Morgan fingerprint density at radius 3 is 2.31 bits per heavy atom. The van der Waals surface area contributed by atoms with Crippen molar-refractivity contribution in [2.24, 2.45) is 17.8 Å². The molecule has 0 bridgehead atoms. The summed E-state index contributed by atoms with van der Waals surface area (Å²) in [5.41, 5.74) is 0. The van der Waals surface area contributed by atoms with Crippen LogP contribution in [0.5, 0.6) is 0 Å². The summed E-state index contributed by atoms with van der Waals surface area (Å²) in [6, 6.07) is 0. The summed E-state index contributed by atoms with van der Waals surface area (Å²) in [6.45, 7) is 4.72. The first-order valence-electron chi connectivity index (χ1n) is 5.87. The number of halogens is 1. The van der Waals surface area contributed by atoms with Gasteiger partial charge in [0.1, 0.15) is 0 Å². The molecule has 1 saturated carbocycles. The molecule has 0 N–H and O–H groups in total. The van der Waals surface area contributed by atoms with Gasteiger partial charge in [0.2, 0.25) is 0 Å². The zero-order valence-electron chi connectivity index (χ0n) is 9.06. The second-order valence-corrected chi connectivity index (χ2v) is 5.30. The molecule has 0 aliphatic heterocycles. The molecule has 1 heteroatoms. The average molecular weight is 247 g/mol. The van der Waals surface area contributed by atoms with Gasteiger partial charge in [-0.15, -0.1) is 0 Å². The average Bonchev–Trinajstić information content (AvgIpc) is 2.57. The van der Waals surface area contributed by atoms with Crippen LogP contribution in [0.3, 0.4) is 0 Å². The number of hydrogen-bond acceptors (Lipinski definition) is 0. The molecule has 1 aliphatic carbocycles. The molecular weight excluding hydrogens is 224 g/mol. The quantitative estimate of drug-likeness (QED) is 0.621. The molecule has 0 aromatic rings. The van der Waals surface area contributed by atoms with Gasteiger partial charge in [0.25, 0.3) is 0 Å². The zero-order valence-corrected chi connectivity index (χ0v) is 10.6. The van der Waals surface area contributed by atoms with E-state index in [-0.39, 0.29) is 0 Å². The van der Waals surface area contributed by atoms with Crippen molar-refractivity contribution < 1.29 is 0 Å². The topological polar surface area (TPSA) is 0 Å². The van der Waals surface area contributed by atoms with E-state index in [9.17, 15) is 0 Å². The Hall–Kier alpha value is 0.480. The van der Waals surface area contributed by atoms with E-state index in [0.717, 1.165) is 17.8 Å². The monoisotopic (exact) mass is 246 g/mol. The van der Waals surface area contributed by atoms with Crippen LogP contribution in [0, 0.1) is 17.8 Å². The van der Waals surface area contributed by atoms with E-state index in [1.54, 1.807) is 0 Å². The summed E-state index contributed by atoms with van der Waals surface area (Å²) in [5, 5.41) is 1.19. The van der Waals surface area contributed by atoms with Gasteiger partial charge >= 0.3 is 0 Å². The Bertz CT molecular complexity index is 133. The van der Waals surface area contributed by atoms with Crippen LogP contribution in [0.2, 0.25) is 0 Å². The summed E-state index contributed by atoms with van der Waals surface area (Å²) in [4.78, 5) is 0. The normalized spacial score (nSPS) is 33.9. The van der Waals surface area contributed by atoms with Gasteiger partial charge in [-0.3, -0.25) is 0 Å². The van der Waals surface area contributed by atoms with Crippen molar-refractivity contribution in [3.63, 3.8) is 0 Å². The van der Waals surface area contributed by atoms with Gasteiger partial charge in [0, 0.05) is 5.33 Å².